The Morgan fingerprint density at radius 3 is 2.24 bits per heavy atom. The molecule has 2 aromatic rings. The first kappa shape index (κ1) is 17.2. The van der Waals surface area contributed by atoms with Crippen LogP contribution in [0.4, 0.5) is 0 Å². The number of Topliss-reactive ketones (excluding diaryl/α,β-unsaturated/α-hetero) is 1. The third-order valence-electron chi connectivity index (χ3n) is 4.49. The summed E-state index contributed by atoms with van der Waals surface area (Å²) in [6.45, 7) is 3.26. The fourth-order valence-corrected chi connectivity index (χ4v) is 2.86. The van der Waals surface area contributed by atoms with Gasteiger partial charge in [0.15, 0.2) is 11.9 Å². The second-order valence-electron chi connectivity index (χ2n) is 6.58. The Bertz CT molecular complexity index is 735. The molecule has 1 fully saturated rings. The number of benzene rings is 2. The predicted molar refractivity (Wildman–Crippen MR) is 96.6 cm³/mol. The van der Waals surface area contributed by atoms with Gasteiger partial charge in [0.2, 0.25) is 0 Å². The molecule has 0 bridgehead atoms. The highest BCUT2D eigenvalue weighted by Crippen LogP contribution is 2.41. The Hall–Kier alpha value is -2.62. The molecule has 1 saturated carbocycles. The van der Waals surface area contributed by atoms with Crippen LogP contribution < -0.4 is 10.1 Å². The third kappa shape index (κ3) is 4.47. The van der Waals surface area contributed by atoms with Gasteiger partial charge in [-0.05, 0) is 62.4 Å². The van der Waals surface area contributed by atoms with Crippen molar-refractivity contribution in [1.29, 1.82) is 0 Å². The average molecular weight is 337 g/mol. The summed E-state index contributed by atoms with van der Waals surface area (Å²) in [7, 11) is 0. The number of carbonyl (C=O) groups excluding carboxylic acids is 2. The summed E-state index contributed by atoms with van der Waals surface area (Å²) in [5, 5.41) is 3.13. The number of amides is 1. The molecular weight excluding hydrogens is 314 g/mol. The Morgan fingerprint density at radius 1 is 1.04 bits per heavy atom. The summed E-state index contributed by atoms with van der Waals surface area (Å²) >= 11 is 0. The minimum Gasteiger partial charge on any atom is -0.481 e. The number of hydrogen-bond donors (Lipinski definition) is 1. The summed E-state index contributed by atoms with van der Waals surface area (Å²) < 4.78 is 5.72. The van der Waals surface area contributed by atoms with E-state index in [0.29, 0.717) is 17.2 Å². The second kappa shape index (κ2) is 7.51. The largest absolute Gasteiger partial charge is 0.481 e. The van der Waals surface area contributed by atoms with Gasteiger partial charge in [0.25, 0.3) is 5.91 Å². The van der Waals surface area contributed by atoms with Gasteiger partial charge in [-0.3, -0.25) is 9.59 Å². The van der Waals surface area contributed by atoms with E-state index in [4.69, 9.17) is 4.74 Å². The fraction of sp³-hybridized carbons (Fsp3) is 0.333. The van der Waals surface area contributed by atoms with E-state index in [1.54, 1.807) is 31.2 Å². The van der Waals surface area contributed by atoms with E-state index in [9.17, 15) is 9.59 Å². The van der Waals surface area contributed by atoms with Gasteiger partial charge >= 0.3 is 0 Å². The van der Waals surface area contributed by atoms with Crippen LogP contribution in [-0.2, 0) is 4.79 Å². The normalized spacial score (nSPS) is 15.9. The topological polar surface area (TPSA) is 55.4 Å². The zero-order chi connectivity index (χ0) is 17.8. The Morgan fingerprint density at radius 2 is 1.68 bits per heavy atom. The lowest BCUT2D eigenvalue weighted by Gasteiger charge is -2.22. The van der Waals surface area contributed by atoms with Crippen molar-refractivity contribution in [3.05, 3.63) is 65.7 Å². The monoisotopic (exact) mass is 337 g/mol. The lowest BCUT2D eigenvalue weighted by atomic mass is 10.0. The Labute approximate surface area is 148 Å². The highest BCUT2D eigenvalue weighted by Gasteiger charge is 2.34. The van der Waals surface area contributed by atoms with E-state index in [1.807, 2.05) is 18.2 Å². The van der Waals surface area contributed by atoms with Crippen molar-refractivity contribution in [2.24, 2.45) is 5.92 Å². The first-order chi connectivity index (χ1) is 12.0. The number of hydrogen-bond acceptors (Lipinski definition) is 3. The molecule has 2 atom stereocenters. The van der Waals surface area contributed by atoms with E-state index in [0.717, 1.165) is 18.4 Å². The first-order valence-corrected chi connectivity index (χ1v) is 8.67. The zero-order valence-corrected chi connectivity index (χ0v) is 14.6. The lowest BCUT2D eigenvalue weighted by Crippen LogP contribution is -2.39. The minimum absolute atomic E-state index is 0.00692. The standard InChI is InChI=1S/C21H23NO3/c1-14(23)16-10-12-19(13-11-16)25-15(2)21(24)22-20(18-8-9-18)17-6-4-3-5-7-17/h3-7,10-13,15,18,20H,8-9H2,1-2H3,(H,22,24). The van der Waals surface area contributed by atoms with Crippen LogP contribution >= 0.6 is 0 Å². The van der Waals surface area contributed by atoms with Crippen LogP contribution in [0.1, 0.15) is 48.7 Å². The van der Waals surface area contributed by atoms with Crippen LogP contribution in [-0.4, -0.2) is 17.8 Å². The molecule has 0 saturated heterocycles. The van der Waals surface area contributed by atoms with Crippen molar-refractivity contribution >= 4 is 11.7 Å². The van der Waals surface area contributed by atoms with Crippen molar-refractivity contribution in [2.45, 2.75) is 38.8 Å². The van der Waals surface area contributed by atoms with E-state index < -0.39 is 6.10 Å². The molecule has 0 aromatic heterocycles. The van der Waals surface area contributed by atoms with Crippen molar-refractivity contribution in [3.8, 4) is 5.75 Å². The lowest BCUT2D eigenvalue weighted by molar-refractivity contribution is -0.128. The van der Waals surface area contributed by atoms with Gasteiger partial charge in [-0.25, -0.2) is 0 Å². The number of ether oxygens (including phenoxy) is 1. The molecule has 0 spiro atoms. The van der Waals surface area contributed by atoms with Crippen molar-refractivity contribution in [3.63, 3.8) is 0 Å². The van der Waals surface area contributed by atoms with Crippen LogP contribution in [0.3, 0.4) is 0 Å². The molecule has 1 N–H and O–H groups in total. The molecule has 0 radical (unpaired) electrons. The number of ketones is 1. The molecule has 4 heteroatoms. The Balaban J connectivity index is 1.62. The minimum atomic E-state index is -0.604. The third-order valence-corrected chi connectivity index (χ3v) is 4.49. The van der Waals surface area contributed by atoms with E-state index >= 15 is 0 Å². The van der Waals surface area contributed by atoms with Crippen molar-refractivity contribution < 1.29 is 14.3 Å². The predicted octanol–water partition coefficient (Wildman–Crippen LogP) is 3.92. The molecular formula is C21H23NO3. The molecule has 2 aromatic carbocycles. The van der Waals surface area contributed by atoms with Gasteiger partial charge in [-0.2, -0.15) is 0 Å². The molecule has 2 unspecified atom stereocenters. The summed E-state index contributed by atoms with van der Waals surface area (Å²) in [6.07, 6.45) is 1.68. The molecule has 1 aliphatic rings. The number of nitrogens with one attached hydrogen (secondary N) is 1. The summed E-state index contributed by atoms with van der Waals surface area (Å²) in [4.78, 5) is 23.9. The maximum Gasteiger partial charge on any atom is 0.261 e. The maximum atomic E-state index is 12.5. The van der Waals surface area contributed by atoms with Crippen LogP contribution in [0.25, 0.3) is 0 Å². The molecule has 1 aliphatic carbocycles. The van der Waals surface area contributed by atoms with Crippen LogP contribution in [0, 0.1) is 5.92 Å². The van der Waals surface area contributed by atoms with Gasteiger partial charge < -0.3 is 10.1 Å². The molecule has 4 nitrogen and oxygen atoms in total. The highest BCUT2D eigenvalue weighted by molar-refractivity contribution is 5.94. The van der Waals surface area contributed by atoms with Gasteiger partial charge in [-0.1, -0.05) is 30.3 Å². The average Bonchev–Trinajstić information content (AvgIpc) is 3.45. The zero-order valence-electron chi connectivity index (χ0n) is 14.6. The SMILES string of the molecule is CC(=O)c1ccc(OC(C)C(=O)NC(c2ccccc2)C2CC2)cc1. The van der Waals surface area contributed by atoms with Gasteiger partial charge in [-0.15, -0.1) is 0 Å². The van der Waals surface area contributed by atoms with E-state index in [1.165, 1.54) is 6.92 Å². The highest BCUT2D eigenvalue weighted by atomic mass is 16.5. The van der Waals surface area contributed by atoms with Crippen molar-refractivity contribution in [2.75, 3.05) is 0 Å². The first-order valence-electron chi connectivity index (χ1n) is 8.67. The molecule has 3 rings (SSSR count). The molecule has 0 aliphatic heterocycles. The number of carbonyl (C=O) groups is 2. The van der Waals surface area contributed by atoms with E-state index in [-0.39, 0.29) is 17.7 Å². The van der Waals surface area contributed by atoms with Gasteiger partial charge in [0.1, 0.15) is 5.75 Å². The van der Waals surface area contributed by atoms with E-state index in [2.05, 4.69) is 17.4 Å². The number of rotatable bonds is 7. The summed E-state index contributed by atoms with van der Waals surface area (Å²) in [5.41, 5.74) is 1.76. The van der Waals surface area contributed by atoms with Crippen LogP contribution in [0.2, 0.25) is 0 Å². The fourth-order valence-electron chi connectivity index (χ4n) is 2.86. The summed E-state index contributed by atoms with van der Waals surface area (Å²) in [5.74, 6) is 0.965. The van der Waals surface area contributed by atoms with Gasteiger partial charge in [0, 0.05) is 5.56 Å². The van der Waals surface area contributed by atoms with Crippen LogP contribution in [0.15, 0.2) is 54.6 Å². The molecule has 25 heavy (non-hydrogen) atoms. The smallest absolute Gasteiger partial charge is 0.261 e. The van der Waals surface area contributed by atoms with Crippen molar-refractivity contribution in [1.82, 2.24) is 5.32 Å². The van der Waals surface area contributed by atoms with Crippen LogP contribution in [0.5, 0.6) is 5.75 Å². The second-order valence-corrected chi connectivity index (χ2v) is 6.58. The Kier molecular flexibility index (Phi) is 5.17. The summed E-state index contributed by atoms with van der Waals surface area (Å²) in [6, 6.07) is 17.0. The molecule has 0 heterocycles. The quantitative estimate of drug-likeness (QED) is 0.779. The molecule has 1 amide bonds. The van der Waals surface area contributed by atoms with Gasteiger partial charge in [0.05, 0.1) is 6.04 Å². The maximum absolute atomic E-state index is 12.5. The molecule has 130 valence electrons.